The lowest BCUT2D eigenvalue weighted by Gasteiger charge is -2.32. The van der Waals surface area contributed by atoms with Crippen LogP contribution < -0.4 is 0 Å². The Kier molecular flexibility index (Phi) is 4.09. The summed E-state index contributed by atoms with van der Waals surface area (Å²) >= 11 is 0. The van der Waals surface area contributed by atoms with Crippen molar-refractivity contribution >= 4 is 17.8 Å². The first kappa shape index (κ1) is 13.5. The summed E-state index contributed by atoms with van der Waals surface area (Å²) in [5.41, 5.74) is -1.41. The highest BCUT2D eigenvalue weighted by atomic mass is 16.4. The molecule has 0 aromatic rings. The van der Waals surface area contributed by atoms with Crippen molar-refractivity contribution in [2.45, 2.75) is 32.6 Å². The monoisotopic (exact) mass is 243 g/mol. The zero-order valence-electron chi connectivity index (χ0n) is 9.81. The molecule has 96 valence electrons. The van der Waals surface area contributed by atoms with Crippen molar-refractivity contribution in [1.82, 2.24) is 4.90 Å². The number of carboxylic acid groups (broad SMARTS) is 2. The Bertz CT molecular complexity index is 341. The van der Waals surface area contributed by atoms with Gasteiger partial charge in [0.15, 0.2) is 0 Å². The van der Waals surface area contributed by atoms with Gasteiger partial charge in [0.05, 0.1) is 0 Å². The lowest BCUT2D eigenvalue weighted by molar-refractivity contribution is -0.156. The van der Waals surface area contributed by atoms with Gasteiger partial charge in [-0.2, -0.15) is 0 Å². The molecule has 1 aliphatic rings. The van der Waals surface area contributed by atoms with E-state index >= 15 is 0 Å². The van der Waals surface area contributed by atoms with Crippen LogP contribution in [0.25, 0.3) is 0 Å². The Balaban J connectivity index is 2.92. The van der Waals surface area contributed by atoms with Crippen LogP contribution >= 0.6 is 0 Å². The van der Waals surface area contributed by atoms with Crippen LogP contribution in [0.1, 0.15) is 32.6 Å². The predicted molar refractivity (Wildman–Crippen MR) is 58.8 cm³/mol. The van der Waals surface area contributed by atoms with E-state index in [4.69, 9.17) is 5.11 Å². The Morgan fingerprint density at radius 3 is 2.47 bits per heavy atom. The second-order valence-corrected chi connectivity index (χ2v) is 4.29. The second-order valence-electron chi connectivity index (χ2n) is 4.29. The highest BCUT2D eigenvalue weighted by Gasteiger charge is 2.44. The maximum Gasteiger partial charge on any atom is 0.407 e. The summed E-state index contributed by atoms with van der Waals surface area (Å²) < 4.78 is 0. The molecule has 0 saturated carbocycles. The van der Waals surface area contributed by atoms with Crippen LogP contribution in [-0.2, 0) is 9.59 Å². The molecule has 17 heavy (non-hydrogen) atoms. The number of nitrogens with zero attached hydrogens (tertiary/aromatic N) is 1. The first-order valence-corrected chi connectivity index (χ1v) is 5.68. The Hall–Kier alpha value is -1.59. The summed E-state index contributed by atoms with van der Waals surface area (Å²) in [4.78, 5) is 35.2. The van der Waals surface area contributed by atoms with Gasteiger partial charge in [0.1, 0.15) is 11.2 Å². The molecule has 6 nitrogen and oxygen atoms in total. The van der Waals surface area contributed by atoms with Gasteiger partial charge in [0.25, 0.3) is 0 Å². The molecule has 0 bridgehead atoms. The highest BCUT2D eigenvalue weighted by molar-refractivity contribution is 6.03. The molecule has 0 aliphatic carbocycles. The average molecular weight is 243 g/mol. The van der Waals surface area contributed by atoms with Crippen LogP contribution in [0.2, 0.25) is 0 Å². The maximum absolute atomic E-state index is 11.9. The number of ketones is 1. The smallest absolute Gasteiger partial charge is 0.407 e. The third-order valence-electron chi connectivity index (χ3n) is 3.46. The van der Waals surface area contributed by atoms with Crippen molar-refractivity contribution < 1.29 is 24.6 Å². The predicted octanol–water partition coefficient (Wildman–Crippen LogP) is 1.20. The number of hydrogen-bond donors (Lipinski definition) is 2. The van der Waals surface area contributed by atoms with E-state index in [1.54, 1.807) is 6.92 Å². The summed E-state index contributed by atoms with van der Waals surface area (Å²) in [6.45, 7) is 2.04. The van der Waals surface area contributed by atoms with Crippen LogP contribution in [0.5, 0.6) is 0 Å². The largest absolute Gasteiger partial charge is 0.480 e. The summed E-state index contributed by atoms with van der Waals surface area (Å²) in [5, 5.41) is 18.1. The summed E-state index contributed by atoms with van der Waals surface area (Å²) in [5.74, 6) is -1.42. The molecule has 0 aromatic carbocycles. The molecule has 6 heteroatoms. The van der Waals surface area contributed by atoms with E-state index in [9.17, 15) is 19.5 Å². The van der Waals surface area contributed by atoms with Crippen molar-refractivity contribution in [3.8, 4) is 0 Å². The fourth-order valence-electron chi connectivity index (χ4n) is 2.19. The molecule has 1 amide bonds. The maximum atomic E-state index is 11.9. The van der Waals surface area contributed by atoms with E-state index in [1.807, 2.05) is 0 Å². The number of aliphatic carboxylic acids is 1. The molecular weight excluding hydrogens is 226 g/mol. The van der Waals surface area contributed by atoms with Crippen LogP contribution in [0.3, 0.4) is 0 Å². The molecule has 1 atom stereocenters. The topological polar surface area (TPSA) is 94.9 Å². The lowest BCUT2D eigenvalue weighted by atomic mass is 9.75. The number of rotatable bonds is 2. The number of hydrogen-bond acceptors (Lipinski definition) is 3. The SMILES string of the molecule is CCC1(C(=O)O)CCN(C(=O)O)CCCC1=O. The van der Waals surface area contributed by atoms with Gasteiger partial charge in [0, 0.05) is 19.5 Å². The Morgan fingerprint density at radius 2 is 2.00 bits per heavy atom. The lowest BCUT2D eigenvalue weighted by Crippen LogP contribution is -2.45. The molecular formula is C11H17NO5. The van der Waals surface area contributed by atoms with Crippen LogP contribution in [0, 0.1) is 5.41 Å². The standard InChI is InChI=1S/C11H17NO5/c1-2-11(9(14)15)5-7-12(10(16)17)6-3-4-8(11)13/h2-7H2,1H3,(H,14,15)(H,16,17). The van der Waals surface area contributed by atoms with Crippen LogP contribution in [0.15, 0.2) is 0 Å². The van der Waals surface area contributed by atoms with E-state index in [1.165, 1.54) is 4.90 Å². The summed E-state index contributed by atoms with van der Waals surface area (Å²) in [7, 11) is 0. The van der Waals surface area contributed by atoms with Gasteiger partial charge in [-0.3, -0.25) is 9.59 Å². The van der Waals surface area contributed by atoms with Crippen LogP contribution in [0.4, 0.5) is 4.79 Å². The van der Waals surface area contributed by atoms with E-state index in [2.05, 4.69) is 0 Å². The fraction of sp³-hybridized carbons (Fsp3) is 0.727. The van der Waals surface area contributed by atoms with Gasteiger partial charge in [-0.15, -0.1) is 0 Å². The summed E-state index contributed by atoms with van der Waals surface area (Å²) in [6, 6.07) is 0. The van der Waals surface area contributed by atoms with Gasteiger partial charge in [-0.05, 0) is 19.3 Å². The Morgan fingerprint density at radius 1 is 1.35 bits per heavy atom. The molecule has 1 aliphatic heterocycles. The number of amides is 1. The van der Waals surface area contributed by atoms with E-state index in [0.717, 1.165) is 0 Å². The van der Waals surface area contributed by atoms with E-state index in [0.29, 0.717) is 13.0 Å². The molecule has 1 fully saturated rings. The first-order valence-electron chi connectivity index (χ1n) is 5.68. The molecule has 1 saturated heterocycles. The minimum atomic E-state index is -1.41. The quantitative estimate of drug-likeness (QED) is 0.710. The van der Waals surface area contributed by atoms with Crippen molar-refractivity contribution in [1.29, 1.82) is 0 Å². The molecule has 1 heterocycles. The van der Waals surface area contributed by atoms with Gasteiger partial charge >= 0.3 is 12.1 Å². The van der Waals surface area contributed by atoms with Crippen molar-refractivity contribution in [3.63, 3.8) is 0 Å². The molecule has 0 spiro atoms. The van der Waals surface area contributed by atoms with E-state index in [-0.39, 0.29) is 31.6 Å². The minimum Gasteiger partial charge on any atom is -0.480 e. The van der Waals surface area contributed by atoms with Crippen LogP contribution in [-0.4, -0.2) is 46.0 Å². The number of carbonyl (C=O) groups is 3. The highest BCUT2D eigenvalue weighted by Crippen LogP contribution is 2.32. The zero-order valence-corrected chi connectivity index (χ0v) is 9.81. The molecule has 2 N–H and O–H groups in total. The second kappa shape index (κ2) is 5.16. The number of carbonyl (C=O) groups excluding carboxylic acids is 1. The zero-order chi connectivity index (χ0) is 13.1. The number of likely N-dealkylation sites (tertiary alicyclic amines) is 1. The van der Waals surface area contributed by atoms with Crippen molar-refractivity contribution in [2.24, 2.45) is 5.41 Å². The van der Waals surface area contributed by atoms with Gasteiger partial charge in [-0.25, -0.2) is 4.79 Å². The molecule has 1 rings (SSSR count). The average Bonchev–Trinajstić information content (AvgIpc) is 2.23. The molecule has 1 unspecified atom stereocenters. The van der Waals surface area contributed by atoms with E-state index < -0.39 is 17.5 Å². The number of carboxylic acids is 1. The first-order chi connectivity index (χ1) is 7.94. The summed E-state index contributed by atoms with van der Waals surface area (Å²) in [6.07, 6.45) is -0.280. The molecule has 0 radical (unpaired) electrons. The third kappa shape index (κ3) is 2.57. The van der Waals surface area contributed by atoms with Gasteiger partial charge < -0.3 is 15.1 Å². The van der Waals surface area contributed by atoms with Crippen molar-refractivity contribution in [3.05, 3.63) is 0 Å². The Labute approximate surface area is 99.2 Å². The fourth-order valence-corrected chi connectivity index (χ4v) is 2.19. The van der Waals surface area contributed by atoms with Crippen molar-refractivity contribution in [2.75, 3.05) is 13.1 Å². The minimum absolute atomic E-state index is 0.0595. The third-order valence-corrected chi connectivity index (χ3v) is 3.46. The van der Waals surface area contributed by atoms with Gasteiger partial charge in [0.2, 0.25) is 0 Å². The normalized spacial score (nSPS) is 26.2. The van der Waals surface area contributed by atoms with Gasteiger partial charge in [-0.1, -0.05) is 6.92 Å². The molecule has 0 aromatic heterocycles. The number of Topliss-reactive ketones (excluding diaryl/α,β-unsaturated/α-hetero) is 1.